The van der Waals surface area contributed by atoms with Crippen LogP contribution in [0.5, 0.6) is 11.5 Å². The van der Waals surface area contributed by atoms with Crippen LogP contribution in [-0.4, -0.2) is 20.1 Å². The van der Waals surface area contributed by atoms with Gasteiger partial charge >= 0.3 is 0 Å². The highest BCUT2D eigenvalue weighted by Gasteiger charge is 2.09. The smallest absolute Gasteiger partial charge is 0.228 e. The zero-order valence-electron chi connectivity index (χ0n) is 13.4. The molecule has 2 aromatic rings. The van der Waals surface area contributed by atoms with Crippen LogP contribution in [0.3, 0.4) is 0 Å². The number of ether oxygens (including phenoxy) is 2. The third-order valence-corrected chi connectivity index (χ3v) is 3.60. The predicted molar refractivity (Wildman–Crippen MR) is 87.8 cm³/mol. The van der Waals surface area contributed by atoms with E-state index < -0.39 is 0 Å². The van der Waals surface area contributed by atoms with Gasteiger partial charge in [0, 0.05) is 5.69 Å². The molecule has 4 heteroatoms. The molecule has 0 unspecified atom stereocenters. The van der Waals surface area contributed by atoms with Crippen molar-refractivity contribution < 1.29 is 14.3 Å². The number of amides is 1. The summed E-state index contributed by atoms with van der Waals surface area (Å²) >= 11 is 0. The van der Waals surface area contributed by atoms with Crippen LogP contribution < -0.4 is 14.8 Å². The first-order valence-electron chi connectivity index (χ1n) is 7.11. The van der Waals surface area contributed by atoms with Crippen molar-refractivity contribution in [1.29, 1.82) is 0 Å². The third-order valence-electron chi connectivity index (χ3n) is 3.60. The van der Waals surface area contributed by atoms with Gasteiger partial charge in [0.15, 0.2) is 11.5 Å². The summed E-state index contributed by atoms with van der Waals surface area (Å²) in [7, 11) is 3.17. The SMILES string of the molecule is COc1ccc(CC(=O)Nc2ccc(C)c(C)c2)cc1OC. The summed E-state index contributed by atoms with van der Waals surface area (Å²) in [5.74, 6) is 1.22. The first kappa shape index (κ1) is 15.9. The molecule has 22 heavy (non-hydrogen) atoms. The van der Waals surface area contributed by atoms with Crippen LogP contribution in [0, 0.1) is 13.8 Å². The molecule has 0 radical (unpaired) electrons. The molecule has 1 amide bonds. The number of carbonyl (C=O) groups excluding carboxylic acids is 1. The maximum Gasteiger partial charge on any atom is 0.228 e. The fourth-order valence-electron chi connectivity index (χ4n) is 2.20. The minimum Gasteiger partial charge on any atom is -0.493 e. The highest BCUT2D eigenvalue weighted by molar-refractivity contribution is 5.92. The Kier molecular flexibility index (Phi) is 5.04. The number of hydrogen-bond donors (Lipinski definition) is 1. The van der Waals surface area contributed by atoms with Crippen LogP contribution in [0.15, 0.2) is 36.4 Å². The summed E-state index contributed by atoms with van der Waals surface area (Å²) in [6.45, 7) is 4.07. The van der Waals surface area contributed by atoms with Crippen LogP contribution in [0.25, 0.3) is 0 Å². The lowest BCUT2D eigenvalue weighted by atomic mass is 10.1. The highest BCUT2D eigenvalue weighted by atomic mass is 16.5. The van der Waals surface area contributed by atoms with Crippen molar-refractivity contribution in [2.24, 2.45) is 0 Å². The van der Waals surface area contributed by atoms with E-state index in [1.807, 2.05) is 44.2 Å². The summed E-state index contributed by atoms with van der Waals surface area (Å²) in [4.78, 5) is 12.1. The lowest BCUT2D eigenvalue weighted by Crippen LogP contribution is -2.14. The number of nitrogens with one attached hydrogen (secondary N) is 1. The van der Waals surface area contributed by atoms with Gasteiger partial charge in [0.2, 0.25) is 5.91 Å². The zero-order valence-corrected chi connectivity index (χ0v) is 13.4. The summed E-state index contributed by atoms with van der Waals surface area (Å²) in [6, 6.07) is 11.4. The molecule has 0 aliphatic heterocycles. The summed E-state index contributed by atoms with van der Waals surface area (Å²) in [5, 5.41) is 2.91. The van der Waals surface area contributed by atoms with E-state index >= 15 is 0 Å². The Balaban J connectivity index is 2.07. The Labute approximate surface area is 131 Å². The number of methoxy groups -OCH3 is 2. The average Bonchev–Trinajstić information content (AvgIpc) is 2.50. The van der Waals surface area contributed by atoms with E-state index in [0.29, 0.717) is 11.5 Å². The minimum atomic E-state index is -0.0597. The lowest BCUT2D eigenvalue weighted by molar-refractivity contribution is -0.115. The number of anilines is 1. The van der Waals surface area contributed by atoms with Crippen molar-refractivity contribution in [3.8, 4) is 11.5 Å². The second-order valence-electron chi connectivity index (χ2n) is 5.21. The molecule has 116 valence electrons. The fourth-order valence-corrected chi connectivity index (χ4v) is 2.20. The fraction of sp³-hybridized carbons (Fsp3) is 0.278. The second-order valence-corrected chi connectivity index (χ2v) is 5.21. The summed E-state index contributed by atoms with van der Waals surface area (Å²) in [6.07, 6.45) is 0.285. The van der Waals surface area contributed by atoms with E-state index in [9.17, 15) is 4.79 Å². The van der Waals surface area contributed by atoms with E-state index in [0.717, 1.165) is 16.8 Å². The highest BCUT2D eigenvalue weighted by Crippen LogP contribution is 2.27. The monoisotopic (exact) mass is 299 g/mol. The van der Waals surface area contributed by atoms with Gasteiger partial charge in [-0.3, -0.25) is 4.79 Å². The molecule has 2 aromatic carbocycles. The second kappa shape index (κ2) is 6.98. The standard InChI is InChI=1S/C18H21NO3/c1-12-5-7-15(9-13(12)2)19-18(20)11-14-6-8-16(21-3)17(10-14)22-4/h5-10H,11H2,1-4H3,(H,19,20). The average molecular weight is 299 g/mol. The molecule has 0 saturated carbocycles. The molecule has 0 saturated heterocycles. The Bertz CT molecular complexity index is 680. The summed E-state index contributed by atoms with van der Waals surface area (Å²) in [5.41, 5.74) is 4.05. The van der Waals surface area contributed by atoms with Crippen molar-refractivity contribution in [1.82, 2.24) is 0 Å². The third kappa shape index (κ3) is 3.79. The molecule has 0 aliphatic rings. The van der Waals surface area contributed by atoms with Crippen LogP contribution in [-0.2, 0) is 11.2 Å². The maximum absolute atomic E-state index is 12.1. The molecule has 0 aliphatic carbocycles. The number of benzene rings is 2. The molecule has 4 nitrogen and oxygen atoms in total. The van der Waals surface area contributed by atoms with Crippen molar-refractivity contribution in [2.75, 3.05) is 19.5 Å². The Morgan fingerprint density at radius 3 is 2.32 bits per heavy atom. The van der Waals surface area contributed by atoms with Gasteiger partial charge in [-0.25, -0.2) is 0 Å². The largest absolute Gasteiger partial charge is 0.493 e. The minimum absolute atomic E-state index is 0.0597. The maximum atomic E-state index is 12.1. The van der Waals surface area contributed by atoms with Crippen molar-refractivity contribution in [2.45, 2.75) is 20.3 Å². The molecule has 2 rings (SSSR count). The molecule has 0 heterocycles. The Morgan fingerprint density at radius 2 is 1.68 bits per heavy atom. The van der Waals surface area contributed by atoms with Gasteiger partial charge in [-0.15, -0.1) is 0 Å². The number of rotatable bonds is 5. The molecule has 0 atom stereocenters. The van der Waals surface area contributed by atoms with Crippen LogP contribution in [0.2, 0.25) is 0 Å². The molecule has 1 N–H and O–H groups in total. The number of carbonyl (C=O) groups is 1. The first-order valence-corrected chi connectivity index (χ1v) is 7.11. The van der Waals surface area contributed by atoms with Crippen LogP contribution >= 0.6 is 0 Å². The van der Waals surface area contributed by atoms with Gasteiger partial charge in [-0.2, -0.15) is 0 Å². The van der Waals surface area contributed by atoms with Crippen LogP contribution in [0.1, 0.15) is 16.7 Å². The van der Waals surface area contributed by atoms with Crippen LogP contribution in [0.4, 0.5) is 5.69 Å². The molecule has 0 bridgehead atoms. The van der Waals surface area contributed by atoms with Crippen molar-refractivity contribution >= 4 is 11.6 Å². The Hall–Kier alpha value is -2.49. The van der Waals surface area contributed by atoms with E-state index in [2.05, 4.69) is 5.32 Å². The van der Waals surface area contributed by atoms with Gasteiger partial charge in [-0.1, -0.05) is 12.1 Å². The van der Waals surface area contributed by atoms with E-state index in [1.54, 1.807) is 20.3 Å². The normalized spacial score (nSPS) is 10.2. The van der Waals surface area contributed by atoms with E-state index in [-0.39, 0.29) is 12.3 Å². The van der Waals surface area contributed by atoms with E-state index in [4.69, 9.17) is 9.47 Å². The Morgan fingerprint density at radius 1 is 0.955 bits per heavy atom. The first-order chi connectivity index (χ1) is 10.5. The van der Waals surface area contributed by atoms with Gasteiger partial charge in [0.25, 0.3) is 0 Å². The molecule has 0 fully saturated rings. The molecular weight excluding hydrogens is 278 g/mol. The predicted octanol–water partition coefficient (Wildman–Crippen LogP) is 3.50. The molecule has 0 aromatic heterocycles. The summed E-state index contributed by atoms with van der Waals surface area (Å²) < 4.78 is 10.4. The van der Waals surface area contributed by atoms with Gasteiger partial charge in [0.1, 0.15) is 0 Å². The molecule has 0 spiro atoms. The zero-order chi connectivity index (χ0) is 16.1. The van der Waals surface area contributed by atoms with Gasteiger partial charge in [0.05, 0.1) is 20.6 Å². The van der Waals surface area contributed by atoms with Gasteiger partial charge in [-0.05, 0) is 54.8 Å². The number of hydrogen-bond acceptors (Lipinski definition) is 3. The van der Waals surface area contributed by atoms with Crippen molar-refractivity contribution in [3.63, 3.8) is 0 Å². The molecular formula is C18H21NO3. The topological polar surface area (TPSA) is 47.6 Å². The lowest BCUT2D eigenvalue weighted by Gasteiger charge is -2.10. The quantitative estimate of drug-likeness (QED) is 0.919. The van der Waals surface area contributed by atoms with Gasteiger partial charge < -0.3 is 14.8 Å². The van der Waals surface area contributed by atoms with Crippen molar-refractivity contribution in [3.05, 3.63) is 53.1 Å². The number of aryl methyl sites for hydroxylation is 2. The van der Waals surface area contributed by atoms with E-state index in [1.165, 1.54) is 5.56 Å².